The highest BCUT2D eigenvalue weighted by molar-refractivity contribution is 6.04. The average molecular weight is 464 g/mol. The second-order valence-corrected chi connectivity index (χ2v) is 8.07. The zero-order chi connectivity index (χ0) is 24.2. The Balaban J connectivity index is 1.55. The summed E-state index contributed by atoms with van der Waals surface area (Å²) in [7, 11) is 0. The fourth-order valence-corrected chi connectivity index (χ4v) is 3.64. The number of carbonyl (C=O) groups is 2. The highest BCUT2D eigenvalue weighted by Crippen LogP contribution is 2.27. The zero-order valence-corrected chi connectivity index (χ0v) is 19.2. The summed E-state index contributed by atoms with van der Waals surface area (Å²) in [6.45, 7) is 5.89. The van der Waals surface area contributed by atoms with Crippen LogP contribution >= 0.6 is 0 Å². The number of ether oxygens (including phenoxy) is 1. The molecule has 1 amide bonds. The van der Waals surface area contributed by atoms with Crippen LogP contribution in [0.5, 0.6) is 0 Å². The lowest BCUT2D eigenvalue weighted by Crippen LogP contribution is -2.34. The van der Waals surface area contributed by atoms with E-state index >= 15 is 0 Å². The fourth-order valence-electron chi connectivity index (χ4n) is 3.64. The van der Waals surface area contributed by atoms with E-state index in [0.29, 0.717) is 34.6 Å². The third-order valence-electron chi connectivity index (χ3n) is 5.37. The van der Waals surface area contributed by atoms with Crippen molar-refractivity contribution < 1.29 is 23.1 Å². The van der Waals surface area contributed by atoms with E-state index in [0.717, 1.165) is 0 Å². The van der Waals surface area contributed by atoms with Gasteiger partial charge in [-0.3, -0.25) is 4.79 Å². The molecule has 8 nitrogen and oxygen atoms in total. The van der Waals surface area contributed by atoms with Gasteiger partial charge in [-0.1, -0.05) is 12.1 Å². The number of benzene rings is 1. The maximum Gasteiger partial charge on any atom is 0.339 e. The number of pyridine rings is 1. The molecule has 0 saturated carbocycles. The number of likely N-dealkylation sites (N-methyl/N-ethyl adjacent to an activating group) is 1. The molecule has 0 aliphatic rings. The first kappa shape index (κ1) is 23.2. The summed E-state index contributed by atoms with van der Waals surface area (Å²) < 4.78 is 26.0. The topological polar surface area (TPSA) is 90.5 Å². The first-order chi connectivity index (χ1) is 16.4. The maximum absolute atomic E-state index is 13.5. The van der Waals surface area contributed by atoms with Crippen LogP contribution in [0.3, 0.4) is 0 Å². The normalized spacial score (nSPS) is 11.2. The molecule has 3 aromatic heterocycles. The van der Waals surface area contributed by atoms with E-state index < -0.39 is 12.6 Å². The van der Waals surface area contributed by atoms with Gasteiger partial charge in [-0.15, -0.1) is 0 Å². The van der Waals surface area contributed by atoms with Crippen molar-refractivity contribution in [1.29, 1.82) is 0 Å². The Morgan fingerprint density at radius 3 is 2.71 bits per heavy atom. The van der Waals surface area contributed by atoms with Gasteiger partial charge in [-0.25, -0.2) is 18.9 Å². The third-order valence-corrected chi connectivity index (χ3v) is 5.37. The van der Waals surface area contributed by atoms with Crippen LogP contribution in [-0.2, 0) is 16.1 Å². The third kappa shape index (κ3) is 4.83. The standard InChI is InChI=1S/C25H25FN4O4/c1-4-29(14-17-7-5-8-18(26)11-17)23(31)15-34-25(32)19-12-21(22-9-6-10-33-22)28-24-20(19)13-27-30(24)16(2)3/h5-13,16H,4,14-15H2,1-3H3. The van der Waals surface area contributed by atoms with Gasteiger partial charge in [0.05, 0.1) is 23.4 Å². The first-order valence-electron chi connectivity index (χ1n) is 11.0. The molecule has 0 atom stereocenters. The fraction of sp³-hybridized carbons (Fsp3) is 0.280. The number of amides is 1. The minimum absolute atomic E-state index is 0.0169. The zero-order valence-electron chi connectivity index (χ0n) is 19.2. The molecule has 0 unspecified atom stereocenters. The molecule has 0 aliphatic carbocycles. The number of furan rings is 1. The molecule has 176 valence electrons. The molecule has 0 spiro atoms. The number of rotatable bonds is 8. The van der Waals surface area contributed by atoms with E-state index in [4.69, 9.17) is 9.15 Å². The summed E-state index contributed by atoms with van der Waals surface area (Å²) >= 11 is 0. The molecule has 3 heterocycles. The number of carbonyl (C=O) groups excluding carboxylic acids is 2. The molecule has 4 aromatic rings. The Hall–Kier alpha value is -4.01. The smallest absolute Gasteiger partial charge is 0.339 e. The molecule has 0 aliphatic heterocycles. The van der Waals surface area contributed by atoms with Crippen LogP contribution in [0, 0.1) is 5.82 Å². The SMILES string of the molecule is CCN(Cc1cccc(F)c1)C(=O)COC(=O)c1cc(-c2ccco2)nc2c1cnn2C(C)C. The Kier molecular flexibility index (Phi) is 6.72. The summed E-state index contributed by atoms with van der Waals surface area (Å²) in [5.74, 6) is -0.924. The Bertz CT molecular complexity index is 1310. The van der Waals surface area contributed by atoms with Crippen molar-refractivity contribution in [1.82, 2.24) is 19.7 Å². The van der Waals surface area contributed by atoms with Gasteiger partial charge in [0.25, 0.3) is 5.91 Å². The lowest BCUT2D eigenvalue weighted by atomic mass is 10.1. The molecule has 0 saturated heterocycles. The summed E-state index contributed by atoms with van der Waals surface area (Å²) in [6, 6.07) is 11.1. The van der Waals surface area contributed by atoms with E-state index in [2.05, 4.69) is 10.1 Å². The summed E-state index contributed by atoms with van der Waals surface area (Å²) in [4.78, 5) is 31.9. The molecule has 0 bridgehead atoms. The van der Waals surface area contributed by atoms with Crippen molar-refractivity contribution in [2.75, 3.05) is 13.2 Å². The molecule has 0 N–H and O–H groups in total. The number of hydrogen-bond acceptors (Lipinski definition) is 6. The lowest BCUT2D eigenvalue weighted by Gasteiger charge is -2.21. The Labute approximate surface area is 195 Å². The quantitative estimate of drug-likeness (QED) is 0.354. The van der Waals surface area contributed by atoms with Crippen molar-refractivity contribution in [2.24, 2.45) is 0 Å². The van der Waals surface area contributed by atoms with Gasteiger partial charge < -0.3 is 14.1 Å². The second kappa shape index (κ2) is 9.86. The van der Waals surface area contributed by atoms with Gasteiger partial charge in [-0.05, 0) is 56.7 Å². The van der Waals surface area contributed by atoms with Crippen LogP contribution < -0.4 is 0 Å². The van der Waals surface area contributed by atoms with E-state index in [1.807, 2.05) is 13.8 Å². The summed E-state index contributed by atoms with van der Waals surface area (Å²) in [5, 5.41) is 4.88. The minimum atomic E-state index is -0.668. The lowest BCUT2D eigenvalue weighted by molar-refractivity contribution is -0.134. The van der Waals surface area contributed by atoms with E-state index in [-0.39, 0.29) is 29.9 Å². The van der Waals surface area contributed by atoms with Crippen LogP contribution in [0.25, 0.3) is 22.5 Å². The number of aromatic nitrogens is 3. The van der Waals surface area contributed by atoms with Gasteiger partial charge in [0.1, 0.15) is 11.5 Å². The summed E-state index contributed by atoms with van der Waals surface area (Å²) in [5.41, 5.74) is 1.87. The predicted molar refractivity (Wildman–Crippen MR) is 123 cm³/mol. The van der Waals surface area contributed by atoms with Crippen molar-refractivity contribution >= 4 is 22.9 Å². The minimum Gasteiger partial charge on any atom is -0.463 e. The monoisotopic (exact) mass is 464 g/mol. The number of nitrogens with zero attached hydrogens (tertiary/aromatic N) is 4. The predicted octanol–water partition coefficient (Wildman–Crippen LogP) is 4.62. The van der Waals surface area contributed by atoms with Gasteiger partial charge in [-0.2, -0.15) is 5.10 Å². The van der Waals surface area contributed by atoms with Gasteiger partial charge in [0, 0.05) is 19.1 Å². The molecular weight excluding hydrogens is 439 g/mol. The number of hydrogen-bond donors (Lipinski definition) is 0. The van der Waals surface area contributed by atoms with Crippen LogP contribution in [0.2, 0.25) is 0 Å². The van der Waals surface area contributed by atoms with Crippen molar-refractivity contribution in [3.8, 4) is 11.5 Å². The average Bonchev–Trinajstić information content (AvgIpc) is 3.50. The number of halogens is 1. The van der Waals surface area contributed by atoms with Crippen molar-refractivity contribution in [2.45, 2.75) is 33.4 Å². The number of fused-ring (bicyclic) bond motifs is 1. The molecule has 9 heteroatoms. The molecule has 34 heavy (non-hydrogen) atoms. The van der Waals surface area contributed by atoms with Crippen LogP contribution in [0.4, 0.5) is 4.39 Å². The maximum atomic E-state index is 13.5. The Morgan fingerprint density at radius 1 is 1.21 bits per heavy atom. The van der Waals surface area contributed by atoms with Gasteiger partial charge >= 0.3 is 5.97 Å². The van der Waals surface area contributed by atoms with Crippen molar-refractivity contribution in [3.05, 3.63) is 71.9 Å². The Morgan fingerprint density at radius 2 is 2.03 bits per heavy atom. The largest absolute Gasteiger partial charge is 0.463 e. The highest BCUT2D eigenvalue weighted by Gasteiger charge is 2.22. The second-order valence-electron chi connectivity index (χ2n) is 8.07. The molecule has 1 aromatic carbocycles. The first-order valence-corrected chi connectivity index (χ1v) is 11.0. The van der Waals surface area contributed by atoms with E-state index in [9.17, 15) is 14.0 Å². The molecular formula is C25H25FN4O4. The van der Waals surface area contributed by atoms with Gasteiger partial charge in [0.2, 0.25) is 0 Å². The van der Waals surface area contributed by atoms with Crippen LogP contribution in [-0.4, -0.2) is 44.7 Å². The molecule has 0 radical (unpaired) electrons. The number of esters is 1. The van der Waals surface area contributed by atoms with Crippen LogP contribution in [0.1, 0.15) is 42.7 Å². The van der Waals surface area contributed by atoms with Gasteiger partial charge in [0.15, 0.2) is 18.0 Å². The highest BCUT2D eigenvalue weighted by atomic mass is 19.1. The molecule has 0 fully saturated rings. The van der Waals surface area contributed by atoms with E-state index in [1.54, 1.807) is 48.1 Å². The van der Waals surface area contributed by atoms with Crippen molar-refractivity contribution in [3.63, 3.8) is 0 Å². The van der Waals surface area contributed by atoms with Crippen LogP contribution in [0.15, 0.2) is 59.3 Å². The molecule has 4 rings (SSSR count). The summed E-state index contributed by atoms with van der Waals surface area (Å²) in [6.07, 6.45) is 3.09. The van der Waals surface area contributed by atoms with E-state index in [1.165, 1.54) is 23.3 Å².